The summed E-state index contributed by atoms with van der Waals surface area (Å²) in [5.74, 6) is 3.04. The monoisotopic (exact) mass is 189 g/mol. The maximum Gasteiger partial charge on any atom is 0.123 e. The first-order chi connectivity index (χ1) is 6.80. The summed E-state index contributed by atoms with van der Waals surface area (Å²) in [4.78, 5) is 2.35. The maximum atomic E-state index is 9.28. The van der Waals surface area contributed by atoms with Crippen molar-refractivity contribution in [2.75, 3.05) is 26.2 Å². The maximum absolute atomic E-state index is 9.28. The molecule has 0 aromatic carbocycles. The Kier molecular flexibility index (Phi) is 2.46. The first kappa shape index (κ1) is 9.52. The van der Waals surface area contributed by atoms with Crippen molar-refractivity contribution >= 4 is 0 Å². The van der Waals surface area contributed by atoms with E-state index < -0.39 is 0 Å². The number of rotatable bonds is 2. The minimum atomic E-state index is -0.372. The molecule has 1 unspecified atom stereocenters. The summed E-state index contributed by atoms with van der Waals surface area (Å²) < 4.78 is 0. The van der Waals surface area contributed by atoms with Gasteiger partial charge in [-0.1, -0.05) is 5.92 Å². The van der Waals surface area contributed by atoms with E-state index in [9.17, 15) is 5.26 Å². The molecular weight excluding hydrogens is 174 g/mol. The lowest BCUT2D eigenvalue weighted by atomic mass is 9.73. The van der Waals surface area contributed by atoms with E-state index in [1.54, 1.807) is 0 Å². The van der Waals surface area contributed by atoms with Crippen LogP contribution in [0.25, 0.3) is 0 Å². The van der Waals surface area contributed by atoms with Gasteiger partial charge in [-0.2, -0.15) is 5.26 Å². The van der Waals surface area contributed by atoms with Crippen molar-refractivity contribution < 1.29 is 0 Å². The molecule has 3 aliphatic rings. The Morgan fingerprint density at radius 1 is 1.50 bits per heavy atom. The Labute approximate surface area is 85.1 Å². The fourth-order valence-electron chi connectivity index (χ4n) is 2.64. The fraction of sp³-hybridized carbons (Fsp3) is 0.727. The second-order valence-corrected chi connectivity index (χ2v) is 4.19. The third kappa shape index (κ3) is 1.39. The minimum Gasteiger partial charge on any atom is -0.300 e. The van der Waals surface area contributed by atoms with E-state index in [1.165, 1.54) is 0 Å². The summed E-state index contributed by atoms with van der Waals surface area (Å²) in [6, 6.07) is 2.44. The SMILES string of the molecule is C#CCNC1(C#N)CN2CCC1CC2. The highest BCUT2D eigenvalue weighted by atomic mass is 15.2. The zero-order valence-electron chi connectivity index (χ0n) is 8.29. The zero-order valence-corrected chi connectivity index (χ0v) is 8.29. The lowest BCUT2D eigenvalue weighted by Gasteiger charge is -2.49. The summed E-state index contributed by atoms with van der Waals surface area (Å²) in [5, 5.41) is 12.5. The standard InChI is InChI=1S/C11H15N3/c1-2-5-13-11(8-12)9-14-6-3-10(11)4-7-14/h1,10,13H,3-7,9H2. The van der Waals surface area contributed by atoms with E-state index in [0.717, 1.165) is 32.5 Å². The number of hydrogen-bond donors (Lipinski definition) is 1. The molecule has 0 amide bonds. The van der Waals surface area contributed by atoms with Gasteiger partial charge in [0.1, 0.15) is 5.54 Å². The first-order valence-corrected chi connectivity index (χ1v) is 5.13. The van der Waals surface area contributed by atoms with Gasteiger partial charge in [-0.25, -0.2) is 0 Å². The molecule has 0 aromatic heterocycles. The molecule has 1 atom stereocenters. The first-order valence-electron chi connectivity index (χ1n) is 5.13. The molecule has 3 heteroatoms. The fourth-order valence-corrected chi connectivity index (χ4v) is 2.64. The summed E-state index contributed by atoms with van der Waals surface area (Å²) >= 11 is 0. The van der Waals surface area contributed by atoms with E-state index in [0.29, 0.717) is 12.5 Å². The molecule has 14 heavy (non-hydrogen) atoms. The highest BCUT2D eigenvalue weighted by Gasteiger charge is 2.46. The zero-order chi connectivity index (χ0) is 10.0. The molecule has 0 saturated carbocycles. The van der Waals surface area contributed by atoms with Crippen LogP contribution in [0.3, 0.4) is 0 Å². The average molecular weight is 189 g/mol. The Bertz CT molecular complexity index is 291. The van der Waals surface area contributed by atoms with Gasteiger partial charge in [0, 0.05) is 6.54 Å². The van der Waals surface area contributed by atoms with Crippen LogP contribution >= 0.6 is 0 Å². The third-order valence-electron chi connectivity index (χ3n) is 3.46. The van der Waals surface area contributed by atoms with Crippen LogP contribution in [0.5, 0.6) is 0 Å². The average Bonchev–Trinajstić information content (AvgIpc) is 2.28. The number of hydrogen-bond acceptors (Lipinski definition) is 3. The van der Waals surface area contributed by atoms with Gasteiger partial charge in [0.25, 0.3) is 0 Å². The number of fused-ring (bicyclic) bond motifs is 3. The summed E-state index contributed by atoms with van der Waals surface area (Å²) in [5.41, 5.74) is -0.372. The van der Waals surface area contributed by atoms with E-state index in [1.807, 2.05) is 0 Å². The number of nitrogens with zero attached hydrogens (tertiary/aromatic N) is 2. The van der Waals surface area contributed by atoms with Crippen LogP contribution in [0.1, 0.15) is 12.8 Å². The van der Waals surface area contributed by atoms with Crippen LogP contribution in [0, 0.1) is 29.6 Å². The van der Waals surface area contributed by atoms with E-state index in [4.69, 9.17) is 6.42 Å². The second-order valence-electron chi connectivity index (χ2n) is 4.19. The Balaban J connectivity index is 2.13. The van der Waals surface area contributed by atoms with Gasteiger partial charge in [0.05, 0.1) is 12.6 Å². The molecule has 74 valence electrons. The molecule has 3 heterocycles. The van der Waals surface area contributed by atoms with Crippen molar-refractivity contribution in [2.24, 2.45) is 5.92 Å². The van der Waals surface area contributed by atoms with Crippen molar-refractivity contribution in [2.45, 2.75) is 18.4 Å². The van der Waals surface area contributed by atoms with Crippen molar-refractivity contribution in [1.82, 2.24) is 10.2 Å². The molecule has 3 rings (SSSR count). The van der Waals surface area contributed by atoms with Crippen LogP contribution in [0.15, 0.2) is 0 Å². The van der Waals surface area contributed by atoms with E-state index in [2.05, 4.69) is 22.2 Å². The van der Waals surface area contributed by atoms with Crippen LogP contribution in [0.4, 0.5) is 0 Å². The molecule has 0 radical (unpaired) electrons. The molecule has 0 aliphatic carbocycles. The van der Waals surface area contributed by atoms with Crippen LogP contribution in [-0.4, -0.2) is 36.6 Å². The molecule has 0 spiro atoms. The molecule has 3 aliphatic heterocycles. The van der Waals surface area contributed by atoms with E-state index in [-0.39, 0.29) is 5.54 Å². The smallest absolute Gasteiger partial charge is 0.123 e. The molecule has 1 N–H and O–H groups in total. The summed E-state index contributed by atoms with van der Waals surface area (Å²) in [7, 11) is 0. The topological polar surface area (TPSA) is 39.1 Å². The van der Waals surface area contributed by atoms with Gasteiger partial charge in [-0.3, -0.25) is 5.32 Å². The quantitative estimate of drug-likeness (QED) is 0.631. The van der Waals surface area contributed by atoms with Crippen molar-refractivity contribution in [3.63, 3.8) is 0 Å². The molecule has 3 nitrogen and oxygen atoms in total. The Morgan fingerprint density at radius 3 is 2.64 bits per heavy atom. The summed E-state index contributed by atoms with van der Waals surface area (Å²) in [6.45, 7) is 3.63. The van der Waals surface area contributed by atoms with E-state index >= 15 is 0 Å². The highest BCUT2D eigenvalue weighted by Crippen LogP contribution is 2.34. The van der Waals surface area contributed by atoms with Gasteiger partial charge in [0.15, 0.2) is 0 Å². The molecular formula is C11H15N3. The Hall–Kier alpha value is -1.03. The third-order valence-corrected chi connectivity index (χ3v) is 3.46. The van der Waals surface area contributed by atoms with Gasteiger partial charge in [0.2, 0.25) is 0 Å². The van der Waals surface area contributed by atoms with Crippen LogP contribution in [0.2, 0.25) is 0 Å². The van der Waals surface area contributed by atoms with Crippen LogP contribution in [-0.2, 0) is 0 Å². The van der Waals surface area contributed by atoms with Gasteiger partial charge < -0.3 is 4.90 Å². The second kappa shape index (κ2) is 3.61. The normalized spacial score (nSPS) is 40.1. The predicted octanol–water partition coefficient (Wildman–Crippen LogP) is 0.197. The Morgan fingerprint density at radius 2 is 2.21 bits per heavy atom. The van der Waals surface area contributed by atoms with Gasteiger partial charge in [-0.05, 0) is 31.8 Å². The number of nitrogens with one attached hydrogen (secondary N) is 1. The van der Waals surface area contributed by atoms with Crippen molar-refractivity contribution in [1.29, 1.82) is 5.26 Å². The lowest BCUT2D eigenvalue weighted by molar-refractivity contribution is 0.0392. The highest BCUT2D eigenvalue weighted by molar-refractivity contribution is 5.18. The lowest BCUT2D eigenvalue weighted by Crippen LogP contribution is -2.65. The minimum absolute atomic E-state index is 0.372. The largest absolute Gasteiger partial charge is 0.300 e. The number of nitriles is 1. The molecule has 2 bridgehead atoms. The number of terminal acetylenes is 1. The number of piperidine rings is 3. The van der Waals surface area contributed by atoms with Crippen molar-refractivity contribution in [3.05, 3.63) is 0 Å². The molecule has 0 aromatic rings. The summed E-state index contributed by atoms with van der Waals surface area (Å²) in [6.07, 6.45) is 7.48. The van der Waals surface area contributed by atoms with Crippen molar-refractivity contribution in [3.8, 4) is 18.4 Å². The predicted molar refractivity (Wildman–Crippen MR) is 54.3 cm³/mol. The van der Waals surface area contributed by atoms with Gasteiger partial charge in [-0.15, -0.1) is 6.42 Å². The molecule has 3 saturated heterocycles. The van der Waals surface area contributed by atoms with Gasteiger partial charge >= 0.3 is 0 Å². The molecule has 3 fully saturated rings. The van der Waals surface area contributed by atoms with Crippen LogP contribution < -0.4 is 5.32 Å².